The van der Waals surface area contributed by atoms with Gasteiger partial charge in [0.25, 0.3) is 5.91 Å². The van der Waals surface area contributed by atoms with Crippen LogP contribution in [0.2, 0.25) is 0 Å². The number of nitrogens with zero attached hydrogens (tertiary/aromatic N) is 3. The molecule has 0 aliphatic heterocycles. The minimum Gasteiger partial charge on any atom is -0.444 e. The first kappa shape index (κ1) is 25.2. The number of amides is 2. The standard InChI is InChI=1S/C25H30ClN5O3/c1-16-10-22(30-24(33)34-25(3,4)5)29-17(2)21(16)13-27-23(32)20-12-28-31(15-20)14-19-8-6-18(11-26)7-9-19/h6-10,12,15H,11,13-14H2,1-5H3,(H,27,32)(H,29,30,33). The van der Waals surface area contributed by atoms with E-state index in [1.54, 1.807) is 43.9 Å². The molecule has 2 N–H and O–H groups in total. The van der Waals surface area contributed by atoms with Gasteiger partial charge >= 0.3 is 6.09 Å². The number of aryl methyl sites for hydroxylation is 2. The largest absolute Gasteiger partial charge is 0.444 e. The summed E-state index contributed by atoms with van der Waals surface area (Å²) in [6.45, 7) is 10.00. The van der Waals surface area contributed by atoms with Gasteiger partial charge in [-0.25, -0.2) is 9.78 Å². The van der Waals surface area contributed by atoms with Crippen LogP contribution in [0.4, 0.5) is 10.6 Å². The molecular weight excluding hydrogens is 454 g/mol. The summed E-state index contributed by atoms with van der Waals surface area (Å²) in [5.41, 5.74) is 4.50. The number of benzene rings is 1. The summed E-state index contributed by atoms with van der Waals surface area (Å²) in [7, 11) is 0. The number of rotatable bonds is 7. The predicted molar refractivity (Wildman–Crippen MR) is 132 cm³/mol. The SMILES string of the molecule is Cc1cc(NC(=O)OC(C)(C)C)nc(C)c1CNC(=O)c1cnn(Cc2ccc(CCl)cc2)c1. The molecule has 0 aliphatic carbocycles. The van der Waals surface area contributed by atoms with Crippen molar-refractivity contribution in [1.29, 1.82) is 0 Å². The highest BCUT2D eigenvalue weighted by Gasteiger charge is 2.18. The highest BCUT2D eigenvalue weighted by atomic mass is 35.5. The van der Waals surface area contributed by atoms with Gasteiger partial charge in [-0.3, -0.25) is 14.8 Å². The fourth-order valence-electron chi connectivity index (χ4n) is 3.36. The van der Waals surface area contributed by atoms with Crippen LogP contribution in [0, 0.1) is 13.8 Å². The van der Waals surface area contributed by atoms with Gasteiger partial charge in [0, 0.05) is 24.3 Å². The van der Waals surface area contributed by atoms with E-state index in [0.29, 0.717) is 36.0 Å². The molecule has 3 aromatic rings. The van der Waals surface area contributed by atoms with Crippen LogP contribution in [0.5, 0.6) is 0 Å². The van der Waals surface area contributed by atoms with Crippen molar-refractivity contribution in [2.75, 3.05) is 5.32 Å². The summed E-state index contributed by atoms with van der Waals surface area (Å²) in [6.07, 6.45) is 2.71. The van der Waals surface area contributed by atoms with E-state index in [-0.39, 0.29) is 5.91 Å². The number of hydrogen-bond acceptors (Lipinski definition) is 5. The van der Waals surface area contributed by atoms with Crippen LogP contribution < -0.4 is 10.6 Å². The van der Waals surface area contributed by atoms with Crippen molar-refractivity contribution in [3.8, 4) is 0 Å². The molecule has 0 bridgehead atoms. The first-order chi connectivity index (χ1) is 16.0. The lowest BCUT2D eigenvalue weighted by Gasteiger charge is -2.20. The highest BCUT2D eigenvalue weighted by molar-refractivity contribution is 6.17. The zero-order valence-corrected chi connectivity index (χ0v) is 20.9. The Kier molecular flexibility index (Phi) is 7.94. The van der Waals surface area contributed by atoms with E-state index in [2.05, 4.69) is 20.7 Å². The smallest absolute Gasteiger partial charge is 0.413 e. The number of nitrogens with one attached hydrogen (secondary N) is 2. The molecule has 0 unspecified atom stereocenters. The molecule has 0 atom stereocenters. The van der Waals surface area contributed by atoms with Gasteiger partial charge in [-0.2, -0.15) is 5.10 Å². The Labute approximate surface area is 204 Å². The molecule has 2 aromatic heterocycles. The first-order valence-electron chi connectivity index (χ1n) is 11.0. The van der Waals surface area contributed by atoms with E-state index < -0.39 is 11.7 Å². The molecule has 8 nitrogen and oxygen atoms in total. The number of ether oxygens (including phenoxy) is 1. The van der Waals surface area contributed by atoms with Crippen molar-refractivity contribution in [2.24, 2.45) is 0 Å². The zero-order valence-electron chi connectivity index (χ0n) is 20.1. The second-order valence-corrected chi connectivity index (χ2v) is 9.34. The van der Waals surface area contributed by atoms with Crippen LogP contribution in [-0.4, -0.2) is 32.4 Å². The summed E-state index contributed by atoms with van der Waals surface area (Å²) in [4.78, 5) is 29.1. The molecular formula is C25H30ClN5O3. The molecule has 0 saturated carbocycles. The van der Waals surface area contributed by atoms with Crippen LogP contribution in [-0.2, 0) is 23.7 Å². The molecule has 2 amide bonds. The van der Waals surface area contributed by atoms with E-state index in [1.807, 2.05) is 38.1 Å². The molecule has 34 heavy (non-hydrogen) atoms. The minimum atomic E-state index is -0.596. The highest BCUT2D eigenvalue weighted by Crippen LogP contribution is 2.18. The average molecular weight is 484 g/mol. The van der Waals surface area contributed by atoms with Crippen molar-refractivity contribution >= 4 is 29.4 Å². The van der Waals surface area contributed by atoms with Gasteiger partial charge in [0.15, 0.2) is 0 Å². The maximum atomic E-state index is 12.7. The van der Waals surface area contributed by atoms with Crippen molar-refractivity contribution in [3.63, 3.8) is 0 Å². The fraction of sp³-hybridized carbons (Fsp3) is 0.360. The second-order valence-electron chi connectivity index (χ2n) is 9.07. The molecule has 3 rings (SSSR count). The minimum absolute atomic E-state index is 0.224. The van der Waals surface area contributed by atoms with Gasteiger partial charge in [0.2, 0.25) is 0 Å². The molecule has 0 fully saturated rings. The zero-order chi connectivity index (χ0) is 24.9. The summed E-state index contributed by atoms with van der Waals surface area (Å²) in [6, 6.07) is 9.71. The van der Waals surface area contributed by atoms with Crippen molar-refractivity contribution in [2.45, 2.75) is 59.2 Å². The van der Waals surface area contributed by atoms with E-state index in [1.165, 1.54) is 0 Å². The molecule has 0 saturated heterocycles. The first-order valence-corrected chi connectivity index (χ1v) is 11.5. The number of hydrogen-bond donors (Lipinski definition) is 2. The van der Waals surface area contributed by atoms with Gasteiger partial charge in [-0.1, -0.05) is 24.3 Å². The monoisotopic (exact) mass is 483 g/mol. The maximum Gasteiger partial charge on any atom is 0.413 e. The molecule has 9 heteroatoms. The molecule has 0 aliphatic rings. The number of carbonyl (C=O) groups is 2. The van der Waals surface area contributed by atoms with E-state index in [9.17, 15) is 9.59 Å². The van der Waals surface area contributed by atoms with Gasteiger partial charge in [-0.05, 0) is 62.9 Å². The van der Waals surface area contributed by atoms with Crippen LogP contribution in [0.15, 0.2) is 42.7 Å². The summed E-state index contributed by atoms with van der Waals surface area (Å²) >= 11 is 5.83. The third-order valence-corrected chi connectivity index (χ3v) is 5.33. The Bertz CT molecular complexity index is 1140. The Morgan fingerprint density at radius 1 is 1.12 bits per heavy atom. The molecule has 1 aromatic carbocycles. The lowest BCUT2D eigenvalue weighted by molar-refractivity contribution is 0.0635. The van der Waals surface area contributed by atoms with Gasteiger partial charge in [0.1, 0.15) is 11.4 Å². The number of anilines is 1. The Morgan fingerprint density at radius 2 is 1.79 bits per heavy atom. The molecule has 180 valence electrons. The molecule has 0 radical (unpaired) electrons. The van der Waals surface area contributed by atoms with Gasteiger partial charge < -0.3 is 10.1 Å². The quantitative estimate of drug-likeness (QED) is 0.463. The molecule has 0 spiro atoms. The van der Waals surface area contributed by atoms with Crippen molar-refractivity contribution < 1.29 is 14.3 Å². The molecule has 2 heterocycles. The third-order valence-electron chi connectivity index (χ3n) is 5.03. The Morgan fingerprint density at radius 3 is 2.41 bits per heavy atom. The average Bonchev–Trinajstić information content (AvgIpc) is 3.20. The van der Waals surface area contributed by atoms with Crippen LogP contribution in [0.1, 0.15) is 59.1 Å². The second kappa shape index (κ2) is 10.7. The third kappa shape index (κ3) is 7.05. The van der Waals surface area contributed by atoms with Crippen LogP contribution in [0.25, 0.3) is 0 Å². The fourth-order valence-corrected chi connectivity index (χ4v) is 3.53. The van der Waals surface area contributed by atoms with E-state index in [0.717, 1.165) is 22.3 Å². The number of halogens is 1. The van der Waals surface area contributed by atoms with Crippen molar-refractivity contribution in [1.82, 2.24) is 20.1 Å². The summed E-state index contributed by atoms with van der Waals surface area (Å²) < 4.78 is 6.99. The summed E-state index contributed by atoms with van der Waals surface area (Å²) in [5.74, 6) is 0.655. The Hall–Kier alpha value is -3.39. The van der Waals surface area contributed by atoms with Crippen molar-refractivity contribution in [3.05, 3.63) is 76.2 Å². The maximum absolute atomic E-state index is 12.7. The lowest BCUT2D eigenvalue weighted by atomic mass is 10.1. The van der Waals surface area contributed by atoms with Gasteiger partial charge in [-0.15, -0.1) is 11.6 Å². The normalized spacial score (nSPS) is 11.2. The number of aromatic nitrogens is 3. The van der Waals surface area contributed by atoms with E-state index >= 15 is 0 Å². The summed E-state index contributed by atoms with van der Waals surface area (Å²) in [5, 5.41) is 9.87. The van der Waals surface area contributed by atoms with E-state index in [4.69, 9.17) is 16.3 Å². The number of alkyl halides is 1. The topological polar surface area (TPSA) is 98.1 Å². The predicted octanol–water partition coefficient (Wildman–Crippen LogP) is 4.96. The Balaban J connectivity index is 1.59. The number of carbonyl (C=O) groups excluding carboxylic acids is 2. The van der Waals surface area contributed by atoms with Crippen LogP contribution >= 0.6 is 11.6 Å². The van der Waals surface area contributed by atoms with Gasteiger partial charge in [0.05, 0.1) is 18.3 Å². The van der Waals surface area contributed by atoms with Crippen LogP contribution in [0.3, 0.4) is 0 Å². The number of pyridine rings is 1. The lowest BCUT2D eigenvalue weighted by Crippen LogP contribution is -2.28.